The number of nitriles is 1. The second-order valence-corrected chi connectivity index (χ2v) is 10.3. The lowest BCUT2D eigenvalue weighted by Gasteiger charge is -2.23. The van der Waals surface area contributed by atoms with Gasteiger partial charge in [0.2, 0.25) is 0 Å². The Morgan fingerprint density at radius 3 is 2.50 bits per heavy atom. The average Bonchev–Trinajstić information content (AvgIpc) is 3.36. The first kappa shape index (κ1) is 22.2. The topological polar surface area (TPSA) is 103 Å². The maximum atomic E-state index is 13.3. The van der Waals surface area contributed by atoms with Crippen molar-refractivity contribution in [2.75, 3.05) is 10.8 Å². The summed E-state index contributed by atoms with van der Waals surface area (Å²) in [5, 5.41) is 21.4. The standard InChI is InChI=1S/C21H13Cl2N3O4S2/c22-14-8-15(23)10-17(9-14)32(29,30)26(12-21(27)28)16-1-2-18-13(7-16)3-5-25(18)19-4-6-31-20(19)11-24/h1-10H,12H2,(H,27,28). The van der Waals surface area contributed by atoms with Crippen LogP contribution in [0.2, 0.25) is 10.0 Å². The highest BCUT2D eigenvalue weighted by Crippen LogP contribution is 2.32. The number of carbonyl (C=O) groups is 1. The summed E-state index contributed by atoms with van der Waals surface area (Å²) >= 11 is 13.2. The van der Waals surface area contributed by atoms with E-state index in [1.807, 2.05) is 16.0 Å². The number of aromatic nitrogens is 1. The van der Waals surface area contributed by atoms with Gasteiger partial charge in [-0.2, -0.15) is 5.26 Å². The van der Waals surface area contributed by atoms with Gasteiger partial charge in [-0.05, 0) is 53.9 Å². The molecule has 7 nitrogen and oxygen atoms in total. The van der Waals surface area contributed by atoms with E-state index >= 15 is 0 Å². The molecule has 1 N–H and O–H groups in total. The molecule has 0 spiro atoms. The molecule has 0 fully saturated rings. The minimum Gasteiger partial charge on any atom is -0.480 e. The number of aliphatic carboxylic acids is 1. The summed E-state index contributed by atoms with van der Waals surface area (Å²) in [5.74, 6) is -1.32. The van der Waals surface area contributed by atoms with Crippen LogP contribution in [0.25, 0.3) is 16.6 Å². The predicted octanol–water partition coefficient (Wildman–Crippen LogP) is 5.15. The van der Waals surface area contributed by atoms with Crippen LogP contribution in [0.4, 0.5) is 5.69 Å². The number of nitrogens with zero attached hydrogens (tertiary/aromatic N) is 3. The normalized spacial score (nSPS) is 11.4. The van der Waals surface area contributed by atoms with Gasteiger partial charge in [0.1, 0.15) is 17.5 Å². The number of carboxylic acid groups (broad SMARTS) is 1. The van der Waals surface area contributed by atoms with Crippen LogP contribution in [0.5, 0.6) is 0 Å². The van der Waals surface area contributed by atoms with Gasteiger partial charge < -0.3 is 9.67 Å². The Morgan fingerprint density at radius 2 is 1.84 bits per heavy atom. The van der Waals surface area contributed by atoms with Crippen LogP contribution in [0.1, 0.15) is 4.88 Å². The number of hydrogen-bond donors (Lipinski definition) is 1. The number of hydrogen-bond acceptors (Lipinski definition) is 5. The first-order valence-electron chi connectivity index (χ1n) is 9.00. The number of sulfonamides is 1. The van der Waals surface area contributed by atoms with Gasteiger partial charge in [0.25, 0.3) is 10.0 Å². The molecule has 0 bridgehead atoms. The second-order valence-electron chi connectivity index (χ2n) is 6.69. The van der Waals surface area contributed by atoms with E-state index in [4.69, 9.17) is 23.2 Å². The Kier molecular flexibility index (Phi) is 5.88. The van der Waals surface area contributed by atoms with Crippen LogP contribution in [0.3, 0.4) is 0 Å². The molecule has 2 aromatic carbocycles. The van der Waals surface area contributed by atoms with Crippen LogP contribution >= 0.6 is 34.5 Å². The van der Waals surface area contributed by atoms with Crippen LogP contribution in [0, 0.1) is 11.3 Å². The summed E-state index contributed by atoms with van der Waals surface area (Å²) in [6, 6.07) is 14.3. The van der Waals surface area contributed by atoms with Gasteiger partial charge in [-0.3, -0.25) is 9.10 Å². The summed E-state index contributed by atoms with van der Waals surface area (Å²) in [6.07, 6.45) is 1.77. The number of rotatable bonds is 6. The fourth-order valence-corrected chi connectivity index (χ4v) is 6.12. The molecular formula is C21H13Cl2N3O4S2. The molecule has 0 atom stereocenters. The van der Waals surface area contributed by atoms with Crippen molar-refractivity contribution in [1.82, 2.24) is 4.57 Å². The minimum atomic E-state index is -4.27. The molecular weight excluding hydrogens is 493 g/mol. The molecule has 2 heterocycles. The number of fused-ring (bicyclic) bond motifs is 1. The Bertz CT molecular complexity index is 1480. The van der Waals surface area contributed by atoms with Crippen molar-refractivity contribution < 1.29 is 18.3 Å². The highest BCUT2D eigenvalue weighted by Gasteiger charge is 2.28. The number of benzene rings is 2. The third kappa shape index (κ3) is 4.06. The van der Waals surface area contributed by atoms with Gasteiger partial charge in [0, 0.05) is 21.6 Å². The molecule has 0 radical (unpaired) electrons. The SMILES string of the molecule is N#Cc1sccc1-n1ccc2cc(N(CC(=O)O)S(=O)(=O)c3cc(Cl)cc(Cl)c3)ccc21. The molecule has 0 saturated carbocycles. The molecule has 4 rings (SSSR count). The second kappa shape index (κ2) is 8.48. The van der Waals surface area contributed by atoms with Crippen LogP contribution in [0.15, 0.2) is 65.0 Å². The van der Waals surface area contributed by atoms with E-state index in [1.165, 1.54) is 35.6 Å². The van der Waals surface area contributed by atoms with Crippen molar-refractivity contribution in [3.8, 4) is 11.8 Å². The van der Waals surface area contributed by atoms with E-state index in [0.717, 1.165) is 9.82 Å². The van der Waals surface area contributed by atoms with E-state index < -0.39 is 22.5 Å². The maximum Gasteiger partial charge on any atom is 0.324 e. The summed E-state index contributed by atoms with van der Waals surface area (Å²) < 4.78 is 29.2. The minimum absolute atomic E-state index is 0.114. The average molecular weight is 506 g/mol. The fourth-order valence-electron chi connectivity index (χ4n) is 3.31. The molecule has 4 aromatic rings. The largest absolute Gasteiger partial charge is 0.480 e. The molecule has 0 amide bonds. The van der Waals surface area contributed by atoms with Crippen LogP contribution in [-0.2, 0) is 14.8 Å². The van der Waals surface area contributed by atoms with E-state index in [2.05, 4.69) is 6.07 Å². The molecule has 0 aliphatic heterocycles. The molecule has 2 aromatic heterocycles. The summed E-state index contributed by atoms with van der Waals surface area (Å²) in [5.41, 5.74) is 1.62. The van der Waals surface area contributed by atoms with Crippen molar-refractivity contribution in [2.24, 2.45) is 0 Å². The predicted molar refractivity (Wildman–Crippen MR) is 124 cm³/mol. The third-order valence-electron chi connectivity index (χ3n) is 4.67. The van der Waals surface area contributed by atoms with Gasteiger partial charge in [-0.1, -0.05) is 23.2 Å². The van der Waals surface area contributed by atoms with E-state index in [0.29, 0.717) is 16.0 Å². The first-order chi connectivity index (χ1) is 15.2. The van der Waals surface area contributed by atoms with Gasteiger partial charge in [0.15, 0.2) is 0 Å². The summed E-state index contributed by atoms with van der Waals surface area (Å²) in [6.45, 7) is -0.790. The molecule has 0 aliphatic rings. The Labute approximate surface area is 197 Å². The van der Waals surface area contributed by atoms with E-state index in [9.17, 15) is 23.6 Å². The first-order valence-corrected chi connectivity index (χ1v) is 12.1. The fraction of sp³-hybridized carbons (Fsp3) is 0.0476. The van der Waals surface area contributed by atoms with Crippen molar-refractivity contribution >= 4 is 67.1 Å². The zero-order valence-electron chi connectivity index (χ0n) is 16.1. The molecule has 0 aliphatic carbocycles. The quantitative estimate of drug-likeness (QED) is 0.390. The lowest BCUT2D eigenvalue weighted by atomic mass is 10.2. The highest BCUT2D eigenvalue weighted by atomic mass is 35.5. The summed E-state index contributed by atoms with van der Waals surface area (Å²) in [4.78, 5) is 11.8. The third-order valence-corrected chi connectivity index (χ3v) is 7.67. The highest BCUT2D eigenvalue weighted by molar-refractivity contribution is 7.92. The van der Waals surface area contributed by atoms with Gasteiger partial charge in [0.05, 0.1) is 21.8 Å². The van der Waals surface area contributed by atoms with Gasteiger partial charge >= 0.3 is 5.97 Å². The van der Waals surface area contributed by atoms with E-state index in [-0.39, 0.29) is 20.6 Å². The lowest BCUT2D eigenvalue weighted by molar-refractivity contribution is -0.135. The van der Waals surface area contributed by atoms with Crippen molar-refractivity contribution in [3.63, 3.8) is 0 Å². The molecule has 0 saturated heterocycles. The zero-order valence-corrected chi connectivity index (χ0v) is 19.2. The number of thiophene rings is 1. The maximum absolute atomic E-state index is 13.3. The monoisotopic (exact) mass is 505 g/mol. The Morgan fingerprint density at radius 1 is 1.12 bits per heavy atom. The van der Waals surface area contributed by atoms with Crippen molar-refractivity contribution in [3.05, 3.63) is 75.0 Å². The Balaban J connectivity index is 1.83. The molecule has 11 heteroatoms. The van der Waals surface area contributed by atoms with E-state index in [1.54, 1.807) is 24.4 Å². The van der Waals surface area contributed by atoms with Crippen molar-refractivity contribution in [2.45, 2.75) is 4.90 Å². The van der Waals surface area contributed by atoms with Gasteiger partial charge in [-0.25, -0.2) is 8.42 Å². The molecule has 162 valence electrons. The number of halogens is 2. The molecule has 32 heavy (non-hydrogen) atoms. The van der Waals surface area contributed by atoms with Crippen LogP contribution in [-0.4, -0.2) is 30.6 Å². The van der Waals surface area contributed by atoms with Crippen molar-refractivity contribution in [1.29, 1.82) is 5.26 Å². The Hall–Kier alpha value is -3.03. The number of anilines is 1. The van der Waals surface area contributed by atoms with Gasteiger partial charge in [-0.15, -0.1) is 11.3 Å². The smallest absolute Gasteiger partial charge is 0.324 e. The molecule has 0 unspecified atom stereocenters. The zero-order chi connectivity index (χ0) is 23.0. The van der Waals surface area contributed by atoms with Crippen LogP contribution < -0.4 is 4.31 Å². The number of carboxylic acids is 1. The summed E-state index contributed by atoms with van der Waals surface area (Å²) in [7, 11) is -4.27. The lowest BCUT2D eigenvalue weighted by Crippen LogP contribution is -2.35.